The maximum absolute atomic E-state index is 13.1. The second kappa shape index (κ2) is 7.56. The molecule has 0 aliphatic heterocycles. The molecule has 0 atom stereocenters. The average molecular weight is 371 g/mol. The van der Waals surface area contributed by atoms with Crippen LogP contribution in [0.15, 0.2) is 73.1 Å². The Morgan fingerprint density at radius 2 is 1.75 bits per heavy atom. The second-order valence-electron chi connectivity index (χ2n) is 6.62. The fourth-order valence-electron chi connectivity index (χ4n) is 3.08. The van der Waals surface area contributed by atoms with Gasteiger partial charge in [-0.25, -0.2) is 9.37 Å². The Morgan fingerprint density at radius 3 is 2.50 bits per heavy atom. The van der Waals surface area contributed by atoms with Crippen molar-refractivity contribution >= 4 is 16.8 Å². The Kier molecular flexibility index (Phi) is 4.81. The standard InChI is InChI=1S/C23H18FN3O/c1-15-2-7-21-19(12-15)20(13-22(27-21)17-8-10-25-11-9-17)23(28)26-14-16-3-5-18(24)6-4-16/h2-13H,14H2,1H3,(H,26,28). The minimum Gasteiger partial charge on any atom is -0.348 e. The molecule has 0 aliphatic carbocycles. The van der Waals surface area contributed by atoms with E-state index in [1.165, 1.54) is 12.1 Å². The van der Waals surface area contributed by atoms with Crippen LogP contribution in [-0.2, 0) is 6.54 Å². The van der Waals surface area contributed by atoms with E-state index < -0.39 is 0 Å². The van der Waals surface area contributed by atoms with Crippen LogP contribution in [0, 0.1) is 12.7 Å². The van der Waals surface area contributed by atoms with E-state index in [2.05, 4.69) is 10.3 Å². The monoisotopic (exact) mass is 371 g/mol. The van der Waals surface area contributed by atoms with Crippen LogP contribution in [0.5, 0.6) is 0 Å². The molecule has 4 aromatic rings. The van der Waals surface area contributed by atoms with E-state index in [9.17, 15) is 9.18 Å². The zero-order valence-electron chi connectivity index (χ0n) is 15.3. The number of carbonyl (C=O) groups is 1. The maximum Gasteiger partial charge on any atom is 0.252 e. The summed E-state index contributed by atoms with van der Waals surface area (Å²) in [7, 11) is 0. The average Bonchev–Trinajstić information content (AvgIpc) is 2.73. The first-order valence-corrected chi connectivity index (χ1v) is 8.94. The third-order valence-corrected chi connectivity index (χ3v) is 4.55. The third-order valence-electron chi connectivity index (χ3n) is 4.55. The Hall–Kier alpha value is -3.60. The lowest BCUT2D eigenvalue weighted by molar-refractivity contribution is 0.0952. The van der Waals surface area contributed by atoms with Crippen molar-refractivity contribution in [1.82, 2.24) is 15.3 Å². The largest absolute Gasteiger partial charge is 0.348 e. The third kappa shape index (κ3) is 3.74. The molecule has 4 rings (SSSR count). The summed E-state index contributed by atoms with van der Waals surface area (Å²) in [5.41, 5.74) is 4.81. The van der Waals surface area contributed by atoms with Gasteiger partial charge < -0.3 is 5.32 Å². The van der Waals surface area contributed by atoms with Gasteiger partial charge in [-0.15, -0.1) is 0 Å². The molecule has 2 aromatic carbocycles. The summed E-state index contributed by atoms with van der Waals surface area (Å²) in [4.78, 5) is 21.7. The number of hydrogen-bond acceptors (Lipinski definition) is 3. The van der Waals surface area contributed by atoms with Gasteiger partial charge in [-0.2, -0.15) is 0 Å². The number of hydrogen-bond donors (Lipinski definition) is 1. The zero-order valence-corrected chi connectivity index (χ0v) is 15.3. The van der Waals surface area contributed by atoms with Crippen LogP contribution < -0.4 is 5.32 Å². The summed E-state index contributed by atoms with van der Waals surface area (Å²) in [5, 5.41) is 3.72. The highest BCUT2D eigenvalue weighted by molar-refractivity contribution is 6.07. The summed E-state index contributed by atoms with van der Waals surface area (Å²) in [6, 6.07) is 17.5. The first-order valence-electron chi connectivity index (χ1n) is 8.94. The smallest absolute Gasteiger partial charge is 0.252 e. The van der Waals surface area contributed by atoms with Gasteiger partial charge in [0.2, 0.25) is 0 Å². The molecule has 0 bridgehead atoms. The molecule has 0 aliphatic rings. The molecule has 1 amide bonds. The fraction of sp³-hybridized carbons (Fsp3) is 0.0870. The lowest BCUT2D eigenvalue weighted by atomic mass is 10.0. The number of carbonyl (C=O) groups excluding carboxylic acids is 1. The molecule has 5 heteroatoms. The van der Waals surface area contributed by atoms with Crippen molar-refractivity contribution in [3.63, 3.8) is 0 Å². The number of pyridine rings is 2. The van der Waals surface area contributed by atoms with E-state index >= 15 is 0 Å². The summed E-state index contributed by atoms with van der Waals surface area (Å²) in [5.74, 6) is -0.495. The molecule has 2 aromatic heterocycles. The number of nitrogens with one attached hydrogen (secondary N) is 1. The number of amides is 1. The van der Waals surface area contributed by atoms with E-state index in [0.717, 1.165) is 27.6 Å². The van der Waals surface area contributed by atoms with Crippen molar-refractivity contribution in [1.29, 1.82) is 0 Å². The SMILES string of the molecule is Cc1ccc2nc(-c3ccncc3)cc(C(=O)NCc3ccc(F)cc3)c2c1. The van der Waals surface area contributed by atoms with Crippen LogP contribution in [0.1, 0.15) is 21.5 Å². The van der Waals surface area contributed by atoms with Crippen molar-refractivity contribution in [3.05, 3.63) is 95.6 Å². The summed E-state index contributed by atoms with van der Waals surface area (Å²) < 4.78 is 13.1. The van der Waals surface area contributed by atoms with Crippen molar-refractivity contribution in [2.75, 3.05) is 0 Å². The van der Waals surface area contributed by atoms with Crippen molar-refractivity contribution < 1.29 is 9.18 Å². The molecule has 0 saturated heterocycles. The van der Waals surface area contributed by atoms with Gasteiger partial charge >= 0.3 is 0 Å². The number of benzene rings is 2. The summed E-state index contributed by atoms with van der Waals surface area (Å²) in [6.45, 7) is 2.30. The van der Waals surface area contributed by atoms with Gasteiger partial charge in [0.25, 0.3) is 5.91 Å². The Labute approximate surface area is 162 Å². The zero-order chi connectivity index (χ0) is 19.5. The summed E-state index contributed by atoms with van der Waals surface area (Å²) in [6.07, 6.45) is 3.40. The van der Waals surface area contributed by atoms with Gasteiger partial charge in [-0.05, 0) is 55.0 Å². The Morgan fingerprint density at radius 1 is 1.00 bits per heavy atom. The number of nitrogens with zero attached hydrogens (tertiary/aromatic N) is 2. The second-order valence-corrected chi connectivity index (χ2v) is 6.62. The van der Waals surface area contributed by atoms with E-state index in [0.29, 0.717) is 17.8 Å². The lowest BCUT2D eigenvalue weighted by Gasteiger charge is -2.11. The van der Waals surface area contributed by atoms with Crippen molar-refractivity contribution in [3.8, 4) is 11.3 Å². The lowest BCUT2D eigenvalue weighted by Crippen LogP contribution is -2.23. The van der Waals surface area contributed by atoms with Crippen LogP contribution in [0.25, 0.3) is 22.2 Å². The highest BCUT2D eigenvalue weighted by Crippen LogP contribution is 2.25. The molecule has 0 spiro atoms. The highest BCUT2D eigenvalue weighted by atomic mass is 19.1. The molecule has 1 N–H and O–H groups in total. The highest BCUT2D eigenvalue weighted by Gasteiger charge is 2.14. The number of rotatable bonds is 4. The molecule has 28 heavy (non-hydrogen) atoms. The van der Waals surface area contributed by atoms with Crippen LogP contribution >= 0.6 is 0 Å². The minimum absolute atomic E-state index is 0.197. The summed E-state index contributed by atoms with van der Waals surface area (Å²) >= 11 is 0. The van der Waals surface area contributed by atoms with Crippen LogP contribution in [-0.4, -0.2) is 15.9 Å². The van der Waals surface area contributed by atoms with Crippen molar-refractivity contribution in [2.24, 2.45) is 0 Å². The predicted molar refractivity (Wildman–Crippen MR) is 107 cm³/mol. The maximum atomic E-state index is 13.1. The molecule has 4 nitrogen and oxygen atoms in total. The normalized spacial score (nSPS) is 10.8. The molecular formula is C23H18FN3O. The van der Waals surface area contributed by atoms with Crippen LogP contribution in [0.2, 0.25) is 0 Å². The van der Waals surface area contributed by atoms with Crippen LogP contribution in [0.4, 0.5) is 4.39 Å². The number of aromatic nitrogens is 2. The Balaban J connectivity index is 1.72. The molecular weight excluding hydrogens is 353 g/mol. The van der Waals surface area contributed by atoms with Crippen molar-refractivity contribution in [2.45, 2.75) is 13.5 Å². The topological polar surface area (TPSA) is 54.9 Å². The Bertz CT molecular complexity index is 1140. The molecule has 0 radical (unpaired) electrons. The first-order chi connectivity index (χ1) is 13.6. The van der Waals surface area contributed by atoms with Gasteiger partial charge in [-0.3, -0.25) is 9.78 Å². The molecule has 0 saturated carbocycles. The van der Waals surface area contributed by atoms with Gasteiger partial charge in [-0.1, -0.05) is 23.8 Å². The quantitative estimate of drug-likeness (QED) is 0.567. The van der Waals surface area contributed by atoms with E-state index in [1.807, 2.05) is 37.3 Å². The minimum atomic E-state index is -0.298. The number of halogens is 1. The van der Waals surface area contributed by atoms with Crippen LogP contribution in [0.3, 0.4) is 0 Å². The number of aryl methyl sites for hydroxylation is 1. The van der Waals surface area contributed by atoms with E-state index in [1.54, 1.807) is 30.6 Å². The molecule has 0 unspecified atom stereocenters. The molecule has 0 fully saturated rings. The molecule has 138 valence electrons. The van der Waals surface area contributed by atoms with Gasteiger partial charge in [0.1, 0.15) is 5.82 Å². The molecule has 2 heterocycles. The van der Waals surface area contributed by atoms with E-state index in [-0.39, 0.29) is 11.7 Å². The first kappa shape index (κ1) is 17.8. The predicted octanol–water partition coefficient (Wildman–Crippen LogP) is 4.67. The van der Waals surface area contributed by atoms with E-state index in [4.69, 9.17) is 4.98 Å². The van der Waals surface area contributed by atoms with Gasteiger partial charge in [0, 0.05) is 29.9 Å². The van der Waals surface area contributed by atoms with Gasteiger partial charge in [0.05, 0.1) is 16.8 Å². The van der Waals surface area contributed by atoms with Gasteiger partial charge in [0.15, 0.2) is 0 Å². The number of fused-ring (bicyclic) bond motifs is 1. The fourth-order valence-corrected chi connectivity index (χ4v) is 3.08.